The molecule has 0 bridgehead atoms. The monoisotopic (exact) mass is 434 g/mol. The van der Waals surface area contributed by atoms with Gasteiger partial charge in [-0.15, -0.1) is 0 Å². The summed E-state index contributed by atoms with van der Waals surface area (Å²) in [4.78, 5) is 26.6. The fourth-order valence-electron chi connectivity index (χ4n) is 5.42. The molecular formula is C25H39O4P. The third-order valence-electron chi connectivity index (χ3n) is 7.10. The van der Waals surface area contributed by atoms with Crippen molar-refractivity contribution in [2.75, 3.05) is 0 Å². The summed E-state index contributed by atoms with van der Waals surface area (Å²) in [6.45, 7) is 10.0. The number of hydrogen-bond acceptors (Lipinski definition) is 3. The number of carbonyl (C=O) groups is 2. The number of carboxylic acids is 1. The van der Waals surface area contributed by atoms with Crippen LogP contribution in [0.2, 0.25) is 0 Å². The maximum atomic E-state index is 14.1. The maximum absolute atomic E-state index is 14.1. The van der Waals surface area contributed by atoms with Crippen molar-refractivity contribution in [1.29, 1.82) is 0 Å². The van der Waals surface area contributed by atoms with Crippen molar-refractivity contribution in [3.05, 3.63) is 34.4 Å². The molecule has 168 valence electrons. The molecule has 0 saturated heterocycles. The standard InChI is InChI=1S/C25H38O3.HOP/c1-6-7-8-10-13-24(5,23(27)28)25(14-11-9-12-15-25)22(26)21-19(3)16-18(2)17-20(21)4;1-2/h16-17H,6-15H2,1-5H3,(H,27,28);2H. The average molecular weight is 435 g/mol. The van der Waals surface area contributed by atoms with Crippen LogP contribution in [0.1, 0.15) is 105 Å². The summed E-state index contributed by atoms with van der Waals surface area (Å²) in [7, 11) is 1.72. The van der Waals surface area contributed by atoms with Gasteiger partial charge in [0, 0.05) is 11.0 Å². The highest BCUT2D eigenvalue weighted by molar-refractivity contribution is 7.00. The number of unbranched alkanes of at least 4 members (excludes halogenated alkanes) is 3. The van der Waals surface area contributed by atoms with Gasteiger partial charge in [-0.05, 0) is 58.1 Å². The number of Topliss-reactive ketones (excluding diaryl/α,β-unsaturated/α-hetero) is 1. The van der Waals surface area contributed by atoms with E-state index in [0.29, 0.717) is 19.3 Å². The summed E-state index contributed by atoms with van der Waals surface area (Å²) >= 11 is 0. The number of ketones is 1. The molecule has 4 nitrogen and oxygen atoms in total. The Bertz CT molecular complexity index is 714. The van der Waals surface area contributed by atoms with E-state index in [9.17, 15) is 14.7 Å². The lowest BCUT2D eigenvalue weighted by Crippen LogP contribution is -2.52. The smallest absolute Gasteiger partial charge is 0.310 e. The molecule has 1 unspecified atom stereocenters. The van der Waals surface area contributed by atoms with Crippen LogP contribution >= 0.6 is 9.12 Å². The molecule has 5 heteroatoms. The second-order valence-corrected chi connectivity index (χ2v) is 9.19. The summed E-state index contributed by atoms with van der Waals surface area (Å²) in [5.41, 5.74) is 2.05. The zero-order valence-electron chi connectivity index (χ0n) is 19.4. The molecule has 1 N–H and O–H groups in total. The van der Waals surface area contributed by atoms with E-state index in [1.807, 2.05) is 27.7 Å². The molecular weight excluding hydrogens is 395 g/mol. The van der Waals surface area contributed by atoms with Crippen LogP contribution in [0.4, 0.5) is 0 Å². The fraction of sp³-hybridized carbons (Fsp3) is 0.680. The van der Waals surface area contributed by atoms with Gasteiger partial charge in [0.2, 0.25) is 0 Å². The first-order valence-corrected chi connectivity index (χ1v) is 11.7. The maximum Gasteiger partial charge on any atom is 0.310 e. The van der Waals surface area contributed by atoms with Crippen LogP contribution in [0, 0.1) is 31.6 Å². The molecule has 30 heavy (non-hydrogen) atoms. The molecule has 0 aromatic heterocycles. The Balaban J connectivity index is 0.00000218. The Labute approximate surface area is 184 Å². The van der Waals surface area contributed by atoms with Gasteiger partial charge in [-0.25, -0.2) is 0 Å². The molecule has 1 aliphatic rings. The van der Waals surface area contributed by atoms with Crippen molar-refractivity contribution in [3.63, 3.8) is 0 Å². The molecule has 1 fully saturated rings. The Morgan fingerprint density at radius 1 is 1.00 bits per heavy atom. The number of benzene rings is 1. The Morgan fingerprint density at radius 2 is 1.53 bits per heavy atom. The highest BCUT2D eigenvalue weighted by atomic mass is 31.0. The summed E-state index contributed by atoms with van der Waals surface area (Å²) in [6.07, 6.45) is 9.07. The molecule has 2 rings (SSSR count). The quantitative estimate of drug-likeness (QED) is 0.252. The predicted octanol–water partition coefficient (Wildman–Crippen LogP) is 7.28. The third kappa shape index (κ3) is 5.38. The number of aliphatic carboxylic acids is 1. The van der Waals surface area contributed by atoms with E-state index in [-0.39, 0.29) is 5.78 Å². The SMILES string of the molecule is CCCCCCC(C)(C(=O)O)C1(C(=O)c2c(C)cc(C)cc2C)CCCCC1.O=P. The minimum absolute atomic E-state index is 0.0718. The van der Waals surface area contributed by atoms with Gasteiger partial charge in [0.15, 0.2) is 5.78 Å². The molecule has 0 aliphatic heterocycles. The van der Waals surface area contributed by atoms with E-state index >= 15 is 0 Å². The van der Waals surface area contributed by atoms with E-state index in [1.54, 1.807) is 9.12 Å². The third-order valence-corrected chi connectivity index (χ3v) is 7.10. The van der Waals surface area contributed by atoms with Gasteiger partial charge in [-0.2, -0.15) is 0 Å². The van der Waals surface area contributed by atoms with Crippen molar-refractivity contribution in [2.24, 2.45) is 10.8 Å². The predicted molar refractivity (Wildman–Crippen MR) is 124 cm³/mol. The van der Waals surface area contributed by atoms with Crippen molar-refractivity contribution in [1.82, 2.24) is 0 Å². The molecule has 0 amide bonds. The van der Waals surface area contributed by atoms with Crippen molar-refractivity contribution in [3.8, 4) is 0 Å². The van der Waals surface area contributed by atoms with Gasteiger partial charge in [0.25, 0.3) is 0 Å². The first-order chi connectivity index (χ1) is 14.2. The lowest BCUT2D eigenvalue weighted by molar-refractivity contribution is -0.157. The number of carbonyl (C=O) groups excluding carboxylic acids is 1. The van der Waals surface area contributed by atoms with Gasteiger partial charge in [0.05, 0.1) is 5.41 Å². The second kappa shape index (κ2) is 11.7. The summed E-state index contributed by atoms with van der Waals surface area (Å²) < 4.78 is 8.06. The van der Waals surface area contributed by atoms with E-state index < -0.39 is 16.8 Å². The van der Waals surface area contributed by atoms with Gasteiger partial charge >= 0.3 is 5.97 Å². The lowest BCUT2D eigenvalue weighted by Gasteiger charge is -2.48. The number of hydrogen-bond donors (Lipinski definition) is 1. The molecule has 1 aromatic carbocycles. The Morgan fingerprint density at radius 3 is 2.00 bits per heavy atom. The number of rotatable bonds is 9. The van der Waals surface area contributed by atoms with Crippen molar-refractivity contribution < 1.29 is 19.3 Å². The Hall–Kier alpha value is -1.54. The van der Waals surface area contributed by atoms with Gasteiger partial charge in [0.1, 0.15) is 9.12 Å². The molecule has 1 aliphatic carbocycles. The van der Waals surface area contributed by atoms with E-state index in [0.717, 1.165) is 67.2 Å². The molecule has 0 heterocycles. The summed E-state index contributed by atoms with van der Waals surface area (Å²) in [5, 5.41) is 10.3. The minimum atomic E-state index is -1.01. The van der Waals surface area contributed by atoms with E-state index in [1.165, 1.54) is 0 Å². The second-order valence-electron chi connectivity index (χ2n) is 9.19. The first-order valence-electron chi connectivity index (χ1n) is 11.3. The normalized spacial score (nSPS) is 17.4. The van der Waals surface area contributed by atoms with Gasteiger partial charge < -0.3 is 5.11 Å². The number of carboxylic acid groups (broad SMARTS) is 1. The summed E-state index contributed by atoms with van der Waals surface area (Å²) in [6, 6.07) is 4.10. The lowest BCUT2D eigenvalue weighted by atomic mass is 9.53. The molecule has 0 spiro atoms. The zero-order chi connectivity index (χ0) is 22.9. The summed E-state index contributed by atoms with van der Waals surface area (Å²) in [5.74, 6) is -0.732. The van der Waals surface area contributed by atoms with Crippen LogP contribution in [-0.2, 0) is 9.36 Å². The van der Waals surface area contributed by atoms with E-state index in [2.05, 4.69) is 19.1 Å². The van der Waals surface area contributed by atoms with Crippen molar-refractivity contribution in [2.45, 2.75) is 98.8 Å². The highest BCUT2D eigenvalue weighted by Gasteiger charge is 2.57. The highest BCUT2D eigenvalue weighted by Crippen LogP contribution is 2.55. The van der Waals surface area contributed by atoms with Crippen LogP contribution in [-0.4, -0.2) is 16.9 Å². The number of aryl methyl sites for hydroxylation is 3. The minimum Gasteiger partial charge on any atom is -0.481 e. The average Bonchev–Trinajstić information content (AvgIpc) is 2.72. The molecule has 1 aromatic rings. The zero-order valence-corrected chi connectivity index (χ0v) is 20.4. The van der Waals surface area contributed by atoms with Crippen LogP contribution in [0.5, 0.6) is 0 Å². The molecule has 1 saturated carbocycles. The largest absolute Gasteiger partial charge is 0.481 e. The van der Waals surface area contributed by atoms with Crippen LogP contribution in [0.25, 0.3) is 0 Å². The Kier molecular flexibility index (Phi) is 10.4. The van der Waals surface area contributed by atoms with Crippen molar-refractivity contribution >= 4 is 20.9 Å². The van der Waals surface area contributed by atoms with Crippen LogP contribution in [0.15, 0.2) is 12.1 Å². The molecule has 1 atom stereocenters. The van der Waals surface area contributed by atoms with Crippen LogP contribution < -0.4 is 0 Å². The van der Waals surface area contributed by atoms with E-state index in [4.69, 9.17) is 4.57 Å². The van der Waals surface area contributed by atoms with Gasteiger partial charge in [-0.3, -0.25) is 14.2 Å². The van der Waals surface area contributed by atoms with Crippen LogP contribution in [0.3, 0.4) is 0 Å². The fourth-order valence-corrected chi connectivity index (χ4v) is 5.42. The topological polar surface area (TPSA) is 71.4 Å². The first kappa shape index (κ1) is 26.5. The molecule has 0 radical (unpaired) electrons. The van der Waals surface area contributed by atoms with Gasteiger partial charge in [-0.1, -0.05) is 69.6 Å².